The number of carbonyl (C=O) groups excluding carboxylic acids is 1. The maximum absolute atomic E-state index is 12.3. The van der Waals surface area contributed by atoms with Gasteiger partial charge in [0.1, 0.15) is 16.8 Å². The number of carbonyl (C=O) groups is 1. The van der Waals surface area contributed by atoms with Gasteiger partial charge in [-0.05, 0) is 43.2 Å². The fourth-order valence-electron chi connectivity index (χ4n) is 3.83. The molecule has 7 nitrogen and oxygen atoms in total. The molecule has 0 radical (unpaired) electrons. The van der Waals surface area contributed by atoms with E-state index < -0.39 is 23.0 Å². The predicted octanol–water partition coefficient (Wildman–Crippen LogP) is 5.84. The van der Waals surface area contributed by atoms with E-state index in [1.165, 1.54) is 22.4 Å². The van der Waals surface area contributed by atoms with Gasteiger partial charge in [-0.25, -0.2) is 4.79 Å². The number of amides is 1. The van der Waals surface area contributed by atoms with Crippen LogP contribution in [0.15, 0.2) is 52.0 Å². The molecule has 6 rings (SSSR count). The number of hydrogen-bond acceptors (Lipinski definition) is 6. The van der Waals surface area contributed by atoms with Gasteiger partial charge in [0.25, 0.3) is 0 Å². The number of aliphatic hydroxyl groups excluding tert-OH is 1. The Morgan fingerprint density at radius 2 is 2.15 bits per heavy atom. The Balaban J connectivity index is 1.16. The van der Waals surface area contributed by atoms with E-state index >= 15 is 0 Å². The van der Waals surface area contributed by atoms with Crippen molar-refractivity contribution in [3.8, 4) is 17.6 Å². The lowest BCUT2D eigenvalue weighted by atomic mass is 10.1. The topological polar surface area (TPSA) is 93.8 Å². The fourth-order valence-corrected chi connectivity index (χ4v) is 6.93. The Labute approximate surface area is 196 Å². The molecule has 2 aromatic heterocycles. The molecule has 3 aliphatic rings. The van der Waals surface area contributed by atoms with Gasteiger partial charge in [0.05, 0.1) is 32.1 Å². The van der Waals surface area contributed by atoms with Crippen LogP contribution in [0.25, 0.3) is 6.08 Å². The Morgan fingerprint density at radius 1 is 1.33 bits per heavy atom. The maximum atomic E-state index is 12.3. The Kier molecular flexibility index (Phi) is 4.69. The number of nitrogens with zero attached hydrogens (tertiary/aromatic N) is 1. The van der Waals surface area contributed by atoms with Gasteiger partial charge in [-0.15, -0.1) is 11.3 Å². The van der Waals surface area contributed by atoms with Crippen LogP contribution in [-0.2, 0) is 4.74 Å². The van der Waals surface area contributed by atoms with Crippen molar-refractivity contribution >= 4 is 45.0 Å². The Bertz CT molecular complexity index is 1400. The van der Waals surface area contributed by atoms with Crippen molar-refractivity contribution in [2.24, 2.45) is 5.41 Å². The van der Waals surface area contributed by atoms with E-state index in [2.05, 4.69) is 28.4 Å². The zero-order chi connectivity index (χ0) is 22.6. The van der Waals surface area contributed by atoms with Crippen LogP contribution in [0, 0.1) is 17.3 Å². The molecular formula is C24H18N2O5S2. The van der Waals surface area contributed by atoms with Crippen molar-refractivity contribution in [2.75, 3.05) is 5.32 Å². The van der Waals surface area contributed by atoms with Crippen LogP contribution in [0.5, 0.6) is 5.75 Å². The monoisotopic (exact) mass is 478 g/mol. The predicted molar refractivity (Wildman–Crippen MR) is 127 cm³/mol. The summed E-state index contributed by atoms with van der Waals surface area (Å²) in [7, 11) is -0.615. The van der Waals surface area contributed by atoms with Crippen LogP contribution in [0.1, 0.15) is 46.9 Å². The number of aromatic nitrogens is 1. The summed E-state index contributed by atoms with van der Waals surface area (Å²) in [6.45, 7) is 1.80. The summed E-state index contributed by atoms with van der Waals surface area (Å²) in [5.74, 6) is 6.93. The zero-order valence-corrected chi connectivity index (χ0v) is 19.1. The van der Waals surface area contributed by atoms with E-state index in [0.29, 0.717) is 10.7 Å². The van der Waals surface area contributed by atoms with E-state index in [1.54, 1.807) is 6.92 Å². The molecule has 4 heterocycles. The van der Waals surface area contributed by atoms with E-state index in [-0.39, 0.29) is 11.2 Å². The van der Waals surface area contributed by atoms with Crippen molar-refractivity contribution in [3.63, 3.8) is 0 Å². The normalized spacial score (nSPS) is 19.6. The summed E-state index contributed by atoms with van der Waals surface area (Å²) in [4.78, 5) is 15.3. The lowest BCUT2D eigenvalue weighted by molar-refractivity contribution is 0.121. The summed E-state index contributed by atoms with van der Waals surface area (Å²) in [6, 6.07) is 11.3. The number of aliphatic hydroxyl groups is 1. The highest BCUT2D eigenvalue weighted by Gasteiger charge is 2.60. The largest absolute Gasteiger partial charge is 0.441 e. The fraction of sp³-hybridized carbons (Fsp3) is 0.208. The second-order valence-corrected chi connectivity index (χ2v) is 10.6. The molecule has 166 valence electrons. The van der Waals surface area contributed by atoms with Gasteiger partial charge >= 0.3 is 6.09 Å². The summed E-state index contributed by atoms with van der Waals surface area (Å²) in [5.41, 5.74) is 1.12. The highest BCUT2D eigenvalue weighted by atomic mass is 32.2. The number of ether oxygens (including phenoxy) is 1. The number of anilines is 1. The molecule has 1 aromatic carbocycles. The first-order valence-corrected chi connectivity index (χ1v) is 12.3. The molecule has 1 aliphatic carbocycles. The van der Waals surface area contributed by atoms with Crippen LogP contribution in [0.2, 0.25) is 0 Å². The van der Waals surface area contributed by atoms with Crippen LogP contribution in [0.3, 0.4) is 0 Å². The third kappa shape index (κ3) is 3.47. The summed E-state index contributed by atoms with van der Waals surface area (Å²) < 4.78 is 16.6. The van der Waals surface area contributed by atoms with E-state index in [1.807, 2.05) is 36.4 Å². The third-order valence-corrected chi connectivity index (χ3v) is 8.80. The first-order chi connectivity index (χ1) is 16.0. The second-order valence-electron chi connectivity index (χ2n) is 7.99. The van der Waals surface area contributed by atoms with Gasteiger partial charge in [0.2, 0.25) is 5.76 Å². The first-order valence-electron chi connectivity index (χ1n) is 10.4. The Morgan fingerprint density at radius 3 is 2.94 bits per heavy atom. The van der Waals surface area contributed by atoms with Gasteiger partial charge in [-0.3, -0.25) is 5.32 Å². The average Bonchev–Trinajstić information content (AvgIpc) is 3.40. The van der Waals surface area contributed by atoms with Gasteiger partial charge < -0.3 is 18.5 Å². The van der Waals surface area contributed by atoms with E-state index in [4.69, 9.17) is 13.4 Å². The van der Waals surface area contributed by atoms with Crippen LogP contribution < -0.4 is 9.50 Å². The quantitative estimate of drug-likeness (QED) is 0.363. The molecule has 3 aromatic rings. The molecule has 1 spiro atoms. The molecule has 1 fully saturated rings. The van der Waals surface area contributed by atoms with Gasteiger partial charge in [0.15, 0.2) is 5.75 Å². The molecule has 0 bridgehead atoms. The lowest BCUT2D eigenvalue weighted by Crippen LogP contribution is -2.30. The minimum absolute atomic E-state index is 0.107. The number of thiophene rings is 1. The second kappa shape index (κ2) is 7.63. The van der Waals surface area contributed by atoms with E-state index in [9.17, 15) is 9.90 Å². The number of fused-ring (bicyclic) bond motifs is 3. The zero-order valence-electron chi connectivity index (χ0n) is 17.5. The number of hydrogen-bond donors (Lipinski definition) is 2. The summed E-state index contributed by atoms with van der Waals surface area (Å²) in [6.07, 6.45) is 4.49. The van der Waals surface area contributed by atoms with Crippen molar-refractivity contribution in [3.05, 3.63) is 68.6 Å². The molecule has 2 aliphatic heterocycles. The standard InChI is InChI=1S/C24H18N2O5S2/c1-14(15-5-3-2-4-6-15)29-23(28)26-17-13-25-30-18(17)8-7-16-11-19-20(32-16)12-21-24(9-10-24)22(27)33(21)31-19/h2-6,11-14,27H,9-10H2,1H3,(H,26,28). The molecule has 2 unspecified atom stereocenters. The van der Waals surface area contributed by atoms with Crippen LogP contribution >= 0.6 is 22.1 Å². The summed E-state index contributed by atoms with van der Waals surface area (Å²) in [5, 5.41) is 17.1. The van der Waals surface area contributed by atoms with Crippen molar-refractivity contribution in [1.29, 1.82) is 0 Å². The highest BCUT2D eigenvalue weighted by Crippen LogP contribution is 2.69. The molecule has 2 atom stereocenters. The van der Waals surface area contributed by atoms with Crippen LogP contribution in [-0.4, -0.2) is 21.4 Å². The van der Waals surface area contributed by atoms with Gasteiger partial charge in [0, 0.05) is 11.0 Å². The number of benzene rings is 1. The molecular weight excluding hydrogens is 460 g/mol. The van der Waals surface area contributed by atoms with Crippen molar-refractivity contribution < 1.29 is 23.3 Å². The number of nitrogens with one attached hydrogen (secondary N) is 1. The van der Waals surface area contributed by atoms with Gasteiger partial charge in [-0.2, -0.15) is 0 Å². The minimum Gasteiger partial charge on any atom is -0.441 e. The molecule has 9 heteroatoms. The molecule has 1 saturated carbocycles. The lowest BCUT2D eigenvalue weighted by Gasteiger charge is -2.35. The van der Waals surface area contributed by atoms with Crippen LogP contribution in [0.4, 0.5) is 10.5 Å². The van der Waals surface area contributed by atoms with Gasteiger partial charge in [-0.1, -0.05) is 35.5 Å². The molecule has 2 N–H and O–H groups in total. The van der Waals surface area contributed by atoms with E-state index in [0.717, 1.165) is 33.9 Å². The minimum atomic E-state index is -0.620. The number of rotatable bonds is 3. The summed E-state index contributed by atoms with van der Waals surface area (Å²) >= 11 is 1.52. The Hall–Kier alpha value is -3.32. The maximum Gasteiger partial charge on any atom is 0.412 e. The molecule has 33 heavy (non-hydrogen) atoms. The van der Waals surface area contributed by atoms with Crippen molar-refractivity contribution in [2.45, 2.75) is 25.9 Å². The van der Waals surface area contributed by atoms with Crippen molar-refractivity contribution in [1.82, 2.24) is 5.16 Å². The average molecular weight is 479 g/mol. The third-order valence-electron chi connectivity index (χ3n) is 5.83. The SMILES string of the molecule is CC(OC(=O)Nc1cnoc1C#Cc1cc2c(s1)C=C1S(=C(O)C13CC3)O2)c1ccccc1. The first kappa shape index (κ1) is 20.3. The smallest absolute Gasteiger partial charge is 0.412 e. The molecule has 1 amide bonds. The molecule has 0 saturated heterocycles. The highest BCUT2D eigenvalue weighted by molar-refractivity contribution is 8.17.